The van der Waals surface area contributed by atoms with Crippen molar-refractivity contribution < 1.29 is 0 Å². The van der Waals surface area contributed by atoms with Crippen molar-refractivity contribution >= 4 is 11.6 Å². The van der Waals surface area contributed by atoms with Gasteiger partial charge in [0.25, 0.3) is 0 Å². The van der Waals surface area contributed by atoms with Crippen LogP contribution in [0.25, 0.3) is 0 Å². The van der Waals surface area contributed by atoms with Gasteiger partial charge in [0.1, 0.15) is 0 Å². The molecule has 0 radical (unpaired) electrons. The highest BCUT2D eigenvalue weighted by Crippen LogP contribution is 2.20. The summed E-state index contributed by atoms with van der Waals surface area (Å²) in [7, 11) is 1.83. The molecule has 0 spiro atoms. The van der Waals surface area contributed by atoms with Gasteiger partial charge in [0, 0.05) is 50.8 Å². The molecule has 1 aromatic heterocycles. The molecule has 30 heavy (non-hydrogen) atoms. The summed E-state index contributed by atoms with van der Waals surface area (Å²) in [5.74, 6) is 0.847. The van der Waals surface area contributed by atoms with Gasteiger partial charge in [-0.2, -0.15) is 5.10 Å². The minimum atomic E-state index is 0.386. The van der Waals surface area contributed by atoms with Crippen LogP contribution in [-0.2, 0) is 13.1 Å². The van der Waals surface area contributed by atoms with Crippen molar-refractivity contribution in [3.05, 3.63) is 83.7 Å². The van der Waals surface area contributed by atoms with Crippen molar-refractivity contribution in [1.82, 2.24) is 20.4 Å². The van der Waals surface area contributed by atoms with Gasteiger partial charge in [-0.15, -0.1) is 0 Å². The van der Waals surface area contributed by atoms with E-state index in [-0.39, 0.29) is 0 Å². The number of nitrogens with zero attached hydrogens (tertiary/aromatic N) is 4. The first kappa shape index (κ1) is 20.0. The van der Waals surface area contributed by atoms with Crippen LogP contribution in [0.4, 0.5) is 5.69 Å². The fourth-order valence-electron chi connectivity index (χ4n) is 3.89. The average Bonchev–Trinajstić information content (AvgIpc) is 3.45. The maximum absolute atomic E-state index is 4.44. The van der Waals surface area contributed by atoms with E-state index in [1.165, 1.54) is 22.4 Å². The van der Waals surface area contributed by atoms with Crippen LogP contribution in [0.2, 0.25) is 0 Å². The predicted octanol–water partition coefficient (Wildman–Crippen LogP) is 3.18. The Hall–Kier alpha value is -3.28. The highest BCUT2D eigenvalue weighted by Gasteiger charge is 2.23. The summed E-state index contributed by atoms with van der Waals surface area (Å²) in [6, 6.07) is 19.6. The molecule has 1 fully saturated rings. The lowest BCUT2D eigenvalue weighted by Crippen LogP contribution is -2.44. The van der Waals surface area contributed by atoms with E-state index < -0.39 is 0 Å². The lowest BCUT2D eigenvalue weighted by atomic mass is 10.1. The molecule has 6 nitrogen and oxygen atoms in total. The Morgan fingerprint density at radius 1 is 1.10 bits per heavy atom. The second kappa shape index (κ2) is 9.48. The molecule has 2 heterocycles. The van der Waals surface area contributed by atoms with Crippen molar-refractivity contribution in [2.75, 3.05) is 25.0 Å². The summed E-state index contributed by atoms with van der Waals surface area (Å²) in [6.45, 7) is 5.67. The minimum Gasteiger partial charge on any atom is -0.369 e. The summed E-state index contributed by atoms with van der Waals surface area (Å²) in [6.07, 6.45) is 4.91. The van der Waals surface area contributed by atoms with Crippen molar-refractivity contribution in [3.8, 4) is 0 Å². The number of aryl methyl sites for hydroxylation is 1. The molecule has 1 atom stereocenters. The SMILES string of the molecule is CN=C(NCc1ccccc1Cn1cccn1)NC1CCN(c2ccc(C)cc2)C1. The van der Waals surface area contributed by atoms with Crippen LogP contribution in [0.5, 0.6) is 0 Å². The Morgan fingerprint density at radius 2 is 1.90 bits per heavy atom. The van der Waals surface area contributed by atoms with E-state index in [2.05, 4.69) is 81.1 Å². The lowest BCUT2D eigenvalue weighted by Gasteiger charge is -2.21. The molecular weight excluding hydrogens is 372 g/mol. The van der Waals surface area contributed by atoms with E-state index in [1.807, 2.05) is 30.2 Å². The Balaban J connectivity index is 1.32. The van der Waals surface area contributed by atoms with E-state index in [1.54, 1.807) is 0 Å². The second-order valence-electron chi connectivity index (χ2n) is 7.81. The quantitative estimate of drug-likeness (QED) is 0.491. The molecule has 156 valence electrons. The van der Waals surface area contributed by atoms with Gasteiger partial charge in [-0.3, -0.25) is 9.67 Å². The third-order valence-electron chi connectivity index (χ3n) is 5.61. The number of nitrogens with one attached hydrogen (secondary N) is 2. The van der Waals surface area contributed by atoms with E-state index in [4.69, 9.17) is 0 Å². The van der Waals surface area contributed by atoms with Crippen LogP contribution in [0.3, 0.4) is 0 Å². The zero-order chi connectivity index (χ0) is 20.8. The average molecular weight is 403 g/mol. The molecule has 0 bridgehead atoms. The van der Waals surface area contributed by atoms with E-state index >= 15 is 0 Å². The normalized spacial score (nSPS) is 16.7. The molecule has 1 aliphatic heterocycles. The molecule has 0 saturated carbocycles. The van der Waals surface area contributed by atoms with Gasteiger partial charge in [0.15, 0.2) is 5.96 Å². The number of anilines is 1. The second-order valence-corrected chi connectivity index (χ2v) is 7.81. The number of guanidine groups is 1. The molecule has 4 rings (SSSR count). The summed E-state index contributed by atoms with van der Waals surface area (Å²) in [5, 5.41) is 11.4. The summed E-state index contributed by atoms with van der Waals surface area (Å²) in [5.41, 5.74) is 5.10. The molecule has 1 aliphatic rings. The standard InChI is InChI=1S/C24H30N6/c1-19-8-10-23(11-9-19)29-15-12-22(18-29)28-24(25-2)26-16-20-6-3-4-7-21(20)17-30-14-5-13-27-30/h3-11,13-14,22H,12,15-18H2,1-2H3,(H2,25,26,28). The number of aliphatic imine (C=N–C) groups is 1. The first-order chi connectivity index (χ1) is 14.7. The topological polar surface area (TPSA) is 57.5 Å². The summed E-state index contributed by atoms with van der Waals surface area (Å²) >= 11 is 0. The third kappa shape index (κ3) is 5.00. The number of hydrogen-bond acceptors (Lipinski definition) is 3. The largest absolute Gasteiger partial charge is 0.369 e. The summed E-state index contributed by atoms with van der Waals surface area (Å²) in [4.78, 5) is 6.87. The molecule has 3 aromatic rings. The molecule has 0 aliphatic carbocycles. The monoisotopic (exact) mass is 402 g/mol. The highest BCUT2D eigenvalue weighted by atomic mass is 15.3. The van der Waals surface area contributed by atoms with Gasteiger partial charge >= 0.3 is 0 Å². The fraction of sp³-hybridized carbons (Fsp3) is 0.333. The maximum atomic E-state index is 4.44. The molecule has 1 saturated heterocycles. The van der Waals surface area contributed by atoms with Crippen LogP contribution < -0.4 is 15.5 Å². The van der Waals surface area contributed by atoms with Gasteiger partial charge in [-0.1, -0.05) is 42.0 Å². The number of aromatic nitrogens is 2. The van der Waals surface area contributed by atoms with Gasteiger partial charge in [-0.25, -0.2) is 0 Å². The van der Waals surface area contributed by atoms with Crippen LogP contribution in [0, 0.1) is 6.92 Å². The Kier molecular flexibility index (Phi) is 6.32. The molecule has 2 N–H and O–H groups in total. The van der Waals surface area contributed by atoms with Gasteiger partial charge in [-0.05, 0) is 42.7 Å². The summed E-state index contributed by atoms with van der Waals surface area (Å²) < 4.78 is 1.95. The molecular formula is C24H30N6. The zero-order valence-corrected chi connectivity index (χ0v) is 17.8. The predicted molar refractivity (Wildman–Crippen MR) is 123 cm³/mol. The van der Waals surface area contributed by atoms with Crippen molar-refractivity contribution in [2.45, 2.75) is 32.5 Å². The molecule has 1 unspecified atom stereocenters. The van der Waals surface area contributed by atoms with Crippen molar-refractivity contribution in [3.63, 3.8) is 0 Å². The van der Waals surface area contributed by atoms with Crippen molar-refractivity contribution in [1.29, 1.82) is 0 Å². The molecule has 2 aromatic carbocycles. The maximum Gasteiger partial charge on any atom is 0.191 e. The smallest absolute Gasteiger partial charge is 0.191 e. The third-order valence-corrected chi connectivity index (χ3v) is 5.61. The number of benzene rings is 2. The van der Waals surface area contributed by atoms with E-state index in [0.717, 1.165) is 38.6 Å². The highest BCUT2D eigenvalue weighted by molar-refractivity contribution is 5.80. The van der Waals surface area contributed by atoms with Gasteiger partial charge in [0.05, 0.1) is 6.54 Å². The van der Waals surface area contributed by atoms with E-state index in [0.29, 0.717) is 6.04 Å². The zero-order valence-electron chi connectivity index (χ0n) is 17.8. The first-order valence-electron chi connectivity index (χ1n) is 10.5. The first-order valence-corrected chi connectivity index (χ1v) is 10.5. The van der Waals surface area contributed by atoms with Crippen LogP contribution in [-0.4, -0.2) is 41.9 Å². The van der Waals surface area contributed by atoms with Crippen molar-refractivity contribution in [2.24, 2.45) is 4.99 Å². The van der Waals surface area contributed by atoms with Gasteiger partial charge in [0.2, 0.25) is 0 Å². The number of hydrogen-bond donors (Lipinski definition) is 2. The number of rotatable bonds is 6. The molecule has 6 heteroatoms. The Morgan fingerprint density at radius 3 is 2.63 bits per heavy atom. The van der Waals surface area contributed by atoms with Crippen LogP contribution >= 0.6 is 0 Å². The Bertz CT molecular complexity index is 962. The lowest BCUT2D eigenvalue weighted by molar-refractivity contribution is 0.645. The fourth-order valence-corrected chi connectivity index (χ4v) is 3.89. The van der Waals surface area contributed by atoms with Crippen LogP contribution in [0.15, 0.2) is 72.0 Å². The minimum absolute atomic E-state index is 0.386. The van der Waals surface area contributed by atoms with Crippen LogP contribution in [0.1, 0.15) is 23.1 Å². The van der Waals surface area contributed by atoms with E-state index in [9.17, 15) is 0 Å². The van der Waals surface area contributed by atoms with Gasteiger partial charge < -0.3 is 15.5 Å². The molecule has 0 amide bonds. The Labute approximate surface area is 178 Å².